The first-order valence-electron chi connectivity index (χ1n) is 4.19. The van der Waals surface area contributed by atoms with Gasteiger partial charge in [0.1, 0.15) is 0 Å². The van der Waals surface area contributed by atoms with Crippen molar-refractivity contribution in [1.82, 2.24) is 0 Å². The van der Waals surface area contributed by atoms with Gasteiger partial charge in [-0.05, 0) is 47.6 Å². The lowest BCUT2D eigenvalue weighted by molar-refractivity contribution is -0.384. The fraction of sp³-hybridized carbons (Fsp3) is 0.333. The lowest BCUT2D eigenvalue weighted by Gasteiger charge is -2.06. The number of non-ortho nitro benzene ring substituents is 1. The first kappa shape index (κ1) is 11.4. The molecule has 1 unspecified atom stereocenters. The van der Waals surface area contributed by atoms with Gasteiger partial charge in [-0.15, -0.1) is 0 Å². The van der Waals surface area contributed by atoms with E-state index < -0.39 is 0 Å². The molecule has 0 radical (unpaired) electrons. The molecule has 0 saturated heterocycles. The minimum atomic E-state index is -0.388. The van der Waals surface area contributed by atoms with Crippen LogP contribution in [0.2, 0.25) is 0 Å². The fourth-order valence-electron chi connectivity index (χ4n) is 1.18. The maximum atomic E-state index is 10.5. The Kier molecular flexibility index (Phi) is 3.82. The summed E-state index contributed by atoms with van der Waals surface area (Å²) >= 11 is 2.16. The first-order chi connectivity index (χ1) is 6.50. The van der Waals surface area contributed by atoms with Gasteiger partial charge in [-0.2, -0.15) is 0 Å². The summed E-state index contributed by atoms with van der Waals surface area (Å²) < 4.78 is 1.02. The van der Waals surface area contributed by atoms with E-state index in [0.29, 0.717) is 6.42 Å². The van der Waals surface area contributed by atoms with Gasteiger partial charge in [-0.1, -0.05) is 0 Å². The van der Waals surface area contributed by atoms with Crippen molar-refractivity contribution < 1.29 is 4.92 Å². The summed E-state index contributed by atoms with van der Waals surface area (Å²) in [6.07, 6.45) is 0.667. The molecule has 1 aromatic rings. The second kappa shape index (κ2) is 4.70. The molecule has 0 aliphatic carbocycles. The summed E-state index contributed by atoms with van der Waals surface area (Å²) in [6, 6.07) is 4.86. The topological polar surface area (TPSA) is 69.2 Å². The zero-order valence-corrected chi connectivity index (χ0v) is 9.89. The van der Waals surface area contributed by atoms with E-state index in [9.17, 15) is 10.1 Å². The van der Waals surface area contributed by atoms with Crippen molar-refractivity contribution in [3.63, 3.8) is 0 Å². The van der Waals surface area contributed by atoms with Gasteiger partial charge < -0.3 is 5.73 Å². The number of rotatable bonds is 3. The van der Waals surface area contributed by atoms with Crippen LogP contribution in [0.25, 0.3) is 0 Å². The van der Waals surface area contributed by atoms with Crippen LogP contribution in [0.15, 0.2) is 18.2 Å². The fourth-order valence-corrected chi connectivity index (χ4v) is 1.73. The van der Waals surface area contributed by atoms with Crippen molar-refractivity contribution in [3.05, 3.63) is 37.4 Å². The molecule has 0 heterocycles. The Morgan fingerprint density at radius 2 is 2.29 bits per heavy atom. The second-order valence-corrected chi connectivity index (χ2v) is 4.38. The van der Waals surface area contributed by atoms with Gasteiger partial charge in [-0.25, -0.2) is 0 Å². The molecule has 4 nitrogen and oxygen atoms in total. The summed E-state index contributed by atoms with van der Waals surface area (Å²) in [5, 5.41) is 10.5. The van der Waals surface area contributed by atoms with Crippen LogP contribution < -0.4 is 5.73 Å². The van der Waals surface area contributed by atoms with E-state index in [1.54, 1.807) is 12.1 Å². The molecular weight excluding hydrogens is 295 g/mol. The Bertz CT molecular complexity index is 353. The van der Waals surface area contributed by atoms with Crippen molar-refractivity contribution in [1.29, 1.82) is 0 Å². The smallest absolute Gasteiger partial charge is 0.269 e. The number of hydrogen-bond acceptors (Lipinski definition) is 3. The Balaban J connectivity index is 3.02. The number of halogens is 1. The standard InChI is InChI=1S/C9H11IN2O2/c1-6(11)4-7-5-8(12(13)14)2-3-9(7)10/h2-3,5-6H,4,11H2,1H3. The van der Waals surface area contributed by atoms with Gasteiger partial charge >= 0.3 is 0 Å². The van der Waals surface area contributed by atoms with Crippen molar-refractivity contribution in [2.45, 2.75) is 19.4 Å². The van der Waals surface area contributed by atoms with E-state index in [1.165, 1.54) is 6.07 Å². The van der Waals surface area contributed by atoms with Crippen LogP contribution in [-0.4, -0.2) is 11.0 Å². The van der Waals surface area contributed by atoms with Gasteiger partial charge in [0, 0.05) is 21.7 Å². The lowest BCUT2D eigenvalue weighted by Crippen LogP contribution is -2.18. The normalized spacial score (nSPS) is 12.5. The Morgan fingerprint density at radius 3 is 2.79 bits per heavy atom. The highest BCUT2D eigenvalue weighted by molar-refractivity contribution is 14.1. The van der Waals surface area contributed by atoms with E-state index in [2.05, 4.69) is 22.6 Å². The van der Waals surface area contributed by atoms with Crippen LogP contribution in [0.4, 0.5) is 5.69 Å². The van der Waals surface area contributed by atoms with E-state index in [-0.39, 0.29) is 16.7 Å². The highest BCUT2D eigenvalue weighted by atomic mass is 127. The average Bonchev–Trinajstić information content (AvgIpc) is 2.07. The molecule has 0 bridgehead atoms. The number of nitrogens with zero attached hydrogens (tertiary/aromatic N) is 1. The predicted molar refractivity (Wildman–Crippen MR) is 63.2 cm³/mol. The maximum Gasteiger partial charge on any atom is 0.269 e. The summed E-state index contributed by atoms with van der Waals surface area (Å²) in [4.78, 5) is 10.1. The van der Waals surface area contributed by atoms with E-state index >= 15 is 0 Å². The molecule has 1 rings (SSSR count). The molecular formula is C9H11IN2O2. The highest BCUT2D eigenvalue weighted by Crippen LogP contribution is 2.20. The van der Waals surface area contributed by atoms with E-state index in [4.69, 9.17) is 5.73 Å². The molecule has 0 fully saturated rings. The zero-order valence-electron chi connectivity index (χ0n) is 7.74. The van der Waals surface area contributed by atoms with Crippen molar-refractivity contribution >= 4 is 28.3 Å². The monoisotopic (exact) mass is 306 g/mol. The number of benzene rings is 1. The number of nitro benzene ring substituents is 1. The molecule has 5 heteroatoms. The molecule has 0 aliphatic heterocycles. The minimum Gasteiger partial charge on any atom is -0.328 e. The van der Waals surface area contributed by atoms with Crippen molar-refractivity contribution in [2.24, 2.45) is 5.73 Å². The molecule has 2 N–H and O–H groups in total. The van der Waals surface area contributed by atoms with E-state index in [1.807, 2.05) is 6.92 Å². The van der Waals surface area contributed by atoms with Gasteiger partial charge in [-0.3, -0.25) is 10.1 Å². The third-order valence-corrected chi connectivity index (χ3v) is 2.83. The Hall–Kier alpha value is -0.690. The molecule has 0 saturated carbocycles. The van der Waals surface area contributed by atoms with Crippen LogP contribution in [-0.2, 0) is 6.42 Å². The molecule has 1 aromatic carbocycles. The zero-order chi connectivity index (χ0) is 10.7. The van der Waals surface area contributed by atoms with Crippen molar-refractivity contribution in [2.75, 3.05) is 0 Å². The number of hydrogen-bond donors (Lipinski definition) is 1. The number of nitro groups is 1. The molecule has 76 valence electrons. The largest absolute Gasteiger partial charge is 0.328 e. The summed E-state index contributed by atoms with van der Waals surface area (Å²) in [5.41, 5.74) is 6.71. The number of nitrogens with two attached hydrogens (primary N) is 1. The third-order valence-electron chi connectivity index (χ3n) is 1.78. The Morgan fingerprint density at radius 1 is 1.64 bits per heavy atom. The quantitative estimate of drug-likeness (QED) is 0.528. The minimum absolute atomic E-state index is 0.0190. The highest BCUT2D eigenvalue weighted by Gasteiger charge is 2.10. The summed E-state index contributed by atoms with van der Waals surface area (Å²) in [5.74, 6) is 0. The molecule has 0 amide bonds. The molecule has 14 heavy (non-hydrogen) atoms. The molecule has 0 aromatic heterocycles. The van der Waals surface area contributed by atoms with Crippen LogP contribution in [0.5, 0.6) is 0 Å². The van der Waals surface area contributed by atoms with Gasteiger partial charge in [0.2, 0.25) is 0 Å². The first-order valence-corrected chi connectivity index (χ1v) is 5.27. The Labute approximate surface area is 95.8 Å². The lowest BCUT2D eigenvalue weighted by atomic mass is 10.1. The molecule has 0 spiro atoms. The SMILES string of the molecule is CC(N)Cc1cc([N+](=O)[O-])ccc1I. The van der Waals surface area contributed by atoms with Crippen LogP contribution in [0.3, 0.4) is 0 Å². The predicted octanol–water partition coefficient (Wildman–Crippen LogP) is 2.09. The molecule has 0 aliphatic rings. The van der Waals surface area contributed by atoms with Gasteiger partial charge in [0.05, 0.1) is 4.92 Å². The van der Waals surface area contributed by atoms with Crippen LogP contribution >= 0.6 is 22.6 Å². The summed E-state index contributed by atoms with van der Waals surface area (Å²) in [6.45, 7) is 1.88. The van der Waals surface area contributed by atoms with Gasteiger partial charge in [0.15, 0.2) is 0 Å². The van der Waals surface area contributed by atoms with Crippen LogP contribution in [0, 0.1) is 13.7 Å². The van der Waals surface area contributed by atoms with Gasteiger partial charge in [0.25, 0.3) is 5.69 Å². The van der Waals surface area contributed by atoms with Crippen molar-refractivity contribution in [3.8, 4) is 0 Å². The maximum absolute atomic E-state index is 10.5. The van der Waals surface area contributed by atoms with Crippen LogP contribution in [0.1, 0.15) is 12.5 Å². The van der Waals surface area contributed by atoms with E-state index in [0.717, 1.165) is 9.13 Å². The second-order valence-electron chi connectivity index (χ2n) is 3.21. The third kappa shape index (κ3) is 2.91. The molecule has 1 atom stereocenters. The average molecular weight is 306 g/mol. The summed E-state index contributed by atoms with van der Waals surface area (Å²) in [7, 11) is 0.